The van der Waals surface area contributed by atoms with Crippen LogP contribution >= 0.6 is 11.8 Å². The highest BCUT2D eigenvalue weighted by Crippen LogP contribution is 2.30. The van der Waals surface area contributed by atoms with Gasteiger partial charge in [-0.1, -0.05) is 13.3 Å². The van der Waals surface area contributed by atoms with Gasteiger partial charge in [0.15, 0.2) is 0 Å². The van der Waals surface area contributed by atoms with E-state index in [0.29, 0.717) is 6.04 Å². The van der Waals surface area contributed by atoms with E-state index in [1.165, 1.54) is 44.3 Å². The molecule has 0 aromatic carbocycles. The van der Waals surface area contributed by atoms with E-state index in [1.54, 1.807) is 0 Å². The molecule has 1 rings (SSSR count). The molecule has 1 atom stereocenters. The smallest absolute Gasteiger partial charge is 0.0226 e. The zero-order valence-electron chi connectivity index (χ0n) is 11.8. The number of hydrogen-bond acceptors (Lipinski definition) is 3. The van der Waals surface area contributed by atoms with Crippen LogP contribution in [0.25, 0.3) is 0 Å². The molecule has 2 nitrogen and oxygen atoms in total. The Morgan fingerprint density at radius 2 is 1.94 bits per heavy atom. The topological polar surface area (TPSA) is 29.3 Å². The first kappa shape index (κ1) is 15.3. The van der Waals surface area contributed by atoms with Gasteiger partial charge in [-0.25, -0.2) is 0 Å². The van der Waals surface area contributed by atoms with Gasteiger partial charge in [-0.3, -0.25) is 4.90 Å². The Balaban J connectivity index is 2.37. The Morgan fingerprint density at radius 3 is 2.41 bits per heavy atom. The minimum absolute atomic E-state index is 0.589. The Bertz CT molecular complexity index is 191. The molecule has 102 valence electrons. The van der Waals surface area contributed by atoms with Gasteiger partial charge in [0.25, 0.3) is 0 Å². The number of likely N-dealkylation sites (N-methyl/N-ethyl adjacent to an activating group) is 1. The molecule has 0 aromatic rings. The van der Waals surface area contributed by atoms with Gasteiger partial charge >= 0.3 is 0 Å². The average molecular weight is 258 g/mol. The van der Waals surface area contributed by atoms with Gasteiger partial charge in [-0.15, -0.1) is 0 Å². The fraction of sp³-hybridized carbons (Fsp3) is 1.00. The van der Waals surface area contributed by atoms with Gasteiger partial charge in [0.2, 0.25) is 0 Å². The van der Waals surface area contributed by atoms with Crippen molar-refractivity contribution in [3.63, 3.8) is 0 Å². The van der Waals surface area contributed by atoms with Crippen LogP contribution in [0.5, 0.6) is 0 Å². The molecule has 1 aliphatic carbocycles. The van der Waals surface area contributed by atoms with Crippen molar-refractivity contribution in [2.75, 3.05) is 25.6 Å². The standard InChI is InChI=1S/C14H30N2S/c1-4-12-5-7-13(8-6-12)16(2)14(11-15)9-10-17-3/h12-14H,4-11,15H2,1-3H3. The molecule has 0 radical (unpaired) electrons. The van der Waals surface area contributed by atoms with Crippen LogP contribution < -0.4 is 5.73 Å². The van der Waals surface area contributed by atoms with Crippen LogP contribution in [0.4, 0.5) is 0 Å². The second-order valence-electron chi connectivity index (χ2n) is 5.42. The summed E-state index contributed by atoms with van der Waals surface area (Å²) in [6.07, 6.45) is 10.4. The van der Waals surface area contributed by atoms with Gasteiger partial charge < -0.3 is 5.73 Å². The maximum Gasteiger partial charge on any atom is 0.0226 e. The van der Waals surface area contributed by atoms with Crippen molar-refractivity contribution in [1.82, 2.24) is 4.90 Å². The Hall–Kier alpha value is 0.270. The lowest BCUT2D eigenvalue weighted by atomic mass is 9.83. The Morgan fingerprint density at radius 1 is 1.29 bits per heavy atom. The van der Waals surface area contributed by atoms with Crippen LogP contribution in [-0.4, -0.2) is 42.6 Å². The molecule has 0 amide bonds. The second kappa shape index (κ2) is 8.39. The molecule has 1 saturated carbocycles. The third-order valence-electron chi connectivity index (χ3n) is 4.47. The van der Waals surface area contributed by atoms with Crippen molar-refractivity contribution in [2.24, 2.45) is 11.7 Å². The summed E-state index contributed by atoms with van der Waals surface area (Å²) in [5.41, 5.74) is 5.92. The highest BCUT2D eigenvalue weighted by atomic mass is 32.2. The molecule has 1 unspecified atom stereocenters. The van der Waals surface area contributed by atoms with Gasteiger partial charge in [0.05, 0.1) is 0 Å². The predicted molar refractivity (Wildman–Crippen MR) is 79.6 cm³/mol. The van der Waals surface area contributed by atoms with E-state index >= 15 is 0 Å². The van der Waals surface area contributed by atoms with Gasteiger partial charge in [0.1, 0.15) is 0 Å². The molecule has 1 fully saturated rings. The number of hydrogen-bond donors (Lipinski definition) is 1. The normalized spacial score (nSPS) is 27.4. The third-order valence-corrected chi connectivity index (χ3v) is 5.12. The molecular weight excluding hydrogens is 228 g/mol. The van der Waals surface area contributed by atoms with Crippen LogP contribution in [0.15, 0.2) is 0 Å². The van der Waals surface area contributed by atoms with E-state index in [2.05, 4.69) is 25.1 Å². The number of nitrogens with two attached hydrogens (primary N) is 1. The first-order valence-corrected chi connectivity index (χ1v) is 8.53. The average Bonchev–Trinajstić information content (AvgIpc) is 2.39. The summed E-state index contributed by atoms with van der Waals surface area (Å²) < 4.78 is 0. The molecule has 0 saturated heterocycles. The van der Waals surface area contributed by atoms with Crippen molar-refractivity contribution in [1.29, 1.82) is 0 Å². The molecule has 2 N–H and O–H groups in total. The molecule has 0 aromatic heterocycles. The highest BCUT2D eigenvalue weighted by Gasteiger charge is 2.26. The zero-order chi connectivity index (χ0) is 12.7. The lowest BCUT2D eigenvalue weighted by Crippen LogP contribution is -2.46. The first-order valence-electron chi connectivity index (χ1n) is 7.13. The monoisotopic (exact) mass is 258 g/mol. The zero-order valence-corrected chi connectivity index (χ0v) is 12.6. The molecule has 17 heavy (non-hydrogen) atoms. The molecular formula is C14H30N2S. The van der Waals surface area contributed by atoms with E-state index in [0.717, 1.165) is 18.5 Å². The molecule has 3 heteroatoms. The lowest BCUT2D eigenvalue weighted by Gasteiger charge is -2.38. The molecule has 1 aliphatic rings. The minimum atomic E-state index is 0.589. The number of thioether (sulfide) groups is 1. The molecule has 0 aliphatic heterocycles. The quantitative estimate of drug-likeness (QED) is 0.761. The maximum absolute atomic E-state index is 5.92. The lowest BCUT2D eigenvalue weighted by molar-refractivity contribution is 0.120. The van der Waals surface area contributed by atoms with E-state index in [-0.39, 0.29) is 0 Å². The van der Waals surface area contributed by atoms with Crippen LogP contribution in [-0.2, 0) is 0 Å². The second-order valence-corrected chi connectivity index (χ2v) is 6.40. The van der Waals surface area contributed by atoms with Crippen molar-refractivity contribution in [2.45, 2.75) is 57.5 Å². The summed E-state index contributed by atoms with van der Waals surface area (Å²) >= 11 is 1.93. The number of nitrogens with zero attached hydrogens (tertiary/aromatic N) is 1. The SMILES string of the molecule is CCC1CCC(N(C)C(CN)CCSC)CC1. The van der Waals surface area contributed by atoms with Crippen molar-refractivity contribution in [3.05, 3.63) is 0 Å². The summed E-state index contributed by atoms with van der Waals surface area (Å²) in [5.74, 6) is 2.22. The van der Waals surface area contributed by atoms with Crippen LogP contribution in [0.1, 0.15) is 45.4 Å². The highest BCUT2D eigenvalue weighted by molar-refractivity contribution is 7.98. The predicted octanol–water partition coefficient (Wildman–Crippen LogP) is 2.97. The Kier molecular flexibility index (Phi) is 7.56. The molecule has 0 spiro atoms. The van der Waals surface area contributed by atoms with Gasteiger partial charge in [0, 0.05) is 18.6 Å². The first-order chi connectivity index (χ1) is 8.22. The number of rotatable bonds is 7. The van der Waals surface area contributed by atoms with Gasteiger partial charge in [-0.2, -0.15) is 11.8 Å². The van der Waals surface area contributed by atoms with Crippen molar-refractivity contribution in [3.8, 4) is 0 Å². The summed E-state index contributed by atoms with van der Waals surface area (Å²) in [5, 5.41) is 0. The van der Waals surface area contributed by atoms with E-state index in [4.69, 9.17) is 5.73 Å². The summed E-state index contributed by atoms with van der Waals surface area (Å²) in [6, 6.07) is 1.37. The minimum Gasteiger partial charge on any atom is -0.329 e. The van der Waals surface area contributed by atoms with E-state index in [9.17, 15) is 0 Å². The van der Waals surface area contributed by atoms with Crippen LogP contribution in [0.2, 0.25) is 0 Å². The largest absolute Gasteiger partial charge is 0.329 e. The summed E-state index contributed by atoms with van der Waals surface area (Å²) in [6.45, 7) is 3.14. The van der Waals surface area contributed by atoms with Crippen molar-refractivity contribution >= 4 is 11.8 Å². The van der Waals surface area contributed by atoms with E-state index in [1.807, 2.05) is 11.8 Å². The van der Waals surface area contributed by atoms with E-state index < -0.39 is 0 Å². The van der Waals surface area contributed by atoms with Crippen molar-refractivity contribution < 1.29 is 0 Å². The fourth-order valence-corrected chi connectivity index (χ4v) is 3.51. The Labute approximate surface area is 112 Å². The van der Waals surface area contributed by atoms with Gasteiger partial charge in [-0.05, 0) is 57.1 Å². The fourth-order valence-electron chi connectivity index (χ4n) is 3.00. The van der Waals surface area contributed by atoms with Crippen LogP contribution in [0, 0.1) is 5.92 Å². The van der Waals surface area contributed by atoms with Crippen LogP contribution in [0.3, 0.4) is 0 Å². The summed E-state index contributed by atoms with van der Waals surface area (Å²) in [7, 11) is 2.29. The molecule has 0 bridgehead atoms. The maximum atomic E-state index is 5.92. The third kappa shape index (κ3) is 4.80. The molecule has 0 heterocycles. The summed E-state index contributed by atoms with van der Waals surface area (Å²) in [4.78, 5) is 2.57.